The summed E-state index contributed by atoms with van der Waals surface area (Å²) < 4.78 is 5.46. The Morgan fingerprint density at radius 2 is 2.53 bits per heavy atom. The van der Waals surface area contributed by atoms with E-state index in [4.69, 9.17) is 15.6 Å². The van der Waals surface area contributed by atoms with Gasteiger partial charge in [-0.2, -0.15) is 5.10 Å². The molecule has 1 saturated heterocycles. The molecule has 1 aromatic rings. The largest absolute Gasteiger partial charge is 0.396 e. The number of hydrogen-bond donors (Lipinski definition) is 3. The second kappa shape index (κ2) is 4.72. The van der Waals surface area contributed by atoms with Crippen LogP contribution in [0.3, 0.4) is 0 Å². The van der Waals surface area contributed by atoms with Gasteiger partial charge in [-0.05, 0) is 6.92 Å². The molecule has 1 aliphatic heterocycles. The number of nitrogens with zero attached hydrogens (tertiary/aromatic N) is 2. The third-order valence-electron chi connectivity index (χ3n) is 2.70. The van der Waals surface area contributed by atoms with Crippen molar-refractivity contribution in [1.29, 1.82) is 0 Å². The van der Waals surface area contributed by atoms with Gasteiger partial charge in [-0.1, -0.05) is 0 Å². The van der Waals surface area contributed by atoms with Gasteiger partial charge in [0.25, 0.3) is 5.91 Å². The standard InChI is InChI=1S/C10H16N4O3/c1-6-3-14(4-7(5-15)17-6)10(16)9-8(11)2-12-13-9/h2,6-7,15H,3-5,11H2,1H3,(H,12,13). The summed E-state index contributed by atoms with van der Waals surface area (Å²) >= 11 is 0. The lowest BCUT2D eigenvalue weighted by molar-refractivity contribution is -0.0859. The Bertz CT molecular complexity index is 406. The third-order valence-corrected chi connectivity index (χ3v) is 2.70. The molecule has 0 saturated carbocycles. The van der Waals surface area contributed by atoms with Crippen LogP contribution in [0, 0.1) is 0 Å². The number of aromatic nitrogens is 2. The maximum atomic E-state index is 12.1. The second-order valence-electron chi connectivity index (χ2n) is 4.16. The molecule has 0 radical (unpaired) electrons. The Morgan fingerprint density at radius 1 is 1.76 bits per heavy atom. The summed E-state index contributed by atoms with van der Waals surface area (Å²) in [4.78, 5) is 13.7. The highest BCUT2D eigenvalue weighted by Crippen LogP contribution is 2.16. The molecule has 1 fully saturated rings. The molecule has 2 atom stereocenters. The van der Waals surface area contributed by atoms with Crippen molar-refractivity contribution in [3.63, 3.8) is 0 Å². The van der Waals surface area contributed by atoms with Gasteiger partial charge in [0.2, 0.25) is 0 Å². The van der Waals surface area contributed by atoms with Crippen LogP contribution < -0.4 is 5.73 Å². The Kier molecular flexibility index (Phi) is 3.30. The summed E-state index contributed by atoms with van der Waals surface area (Å²) in [6, 6.07) is 0. The molecular formula is C10H16N4O3. The molecule has 0 spiro atoms. The molecule has 1 aliphatic rings. The number of rotatable bonds is 2. The summed E-state index contributed by atoms with van der Waals surface area (Å²) in [5.74, 6) is -0.214. The van der Waals surface area contributed by atoms with Gasteiger partial charge in [-0.25, -0.2) is 0 Å². The van der Waals surface area contributed by atoms with Crippen LogP contribution in [0.2, 0.25) is 0 Å². The molecule has 1 amide bonds. The molecule has 0 aromatic carbocycles. The lowest BCUT2D eigenvalue weighted by atomic mass is 10.2. The zero-order valence-corrected chi connectivity index (χ0v) is 9.59. The van der Waals surface area contributed by atoms with E-state index in [-0.39, 0.29) is 30.4 Å². The smallest absolute Gasteiger partial charge is 0.274 e. The van der Waals surface area contributed by atoms with E-state index in [0.717, 1.165) is 0 Å². The van der Waals surface area contributed by atoms with Crippen LogP contribution in [0.15, 0.2) is 6.20 Å². The summed E-state index contributed by atoms with van der Waals surface area (Å²) in [6.45, 7) is 2.59. The van der Waals surface area contributed by atoms with E-state index in [1.807, 2.05) is 6.92 Å². The highest BCUT2D eigenvalue weighted by atomic mass is 16.5. The number of aromatic amines is 1. The number of nitrogen functional groups attached to an aromatic ring is 1. The molecule has 2 heterocycles. The van der Waals surface area contributed by atoms with Gasteiger partial charge >= 0.3 is 0 Å². The van der Waals surface area contributed by atoms with Crippen molar-refractivity contribution in [2.45, 2.75) is 19.1 Å². The van der Waals surface area contributed by atoms with E-state index < -0.39 is 0 Å². The maximum Gasteiger partial charge on any atom is 0.274 e. The second-order valence-corrected chi connectivity index (χ2v) is 4.16. The van der Waals surface area contributed by atoms with Crippen molar-refractivity contribution in [3.05, 3.63) is 11.9 Å². The lowest BCUT2D eigenvalue weighted by Gasteiger charge is -2.35. The minimum Gasteiger partial charge on any atom is -0.396 e. The fraction of sp³-hybridized carbons (Fsp3) is 0.600. The average Bonchev–Trinajstić information content (AvgIpc) is 2.73. The number of amides is 1. The number of carbonyl (C=O) groups is 1. The van der Waals surface area contributed by atoms with Crippen LogP contribution in [0.4, 0.5) is 5.69 Å². The van der Waals surface area contributed by atoms with Gasteiger partial charge in [0.15, 0.2) is 0 Å². The van der Waals surface area contributed by atoms with Gasteiger partial charge in [0.1, 0.15) is 5.69 Å². The van der Waals surface area contributed by atoms with E-state index in [9.17, 15) is 4.79 Å². The molecule has 7 heteroatoms. The average molecular weight is 240 g/mol. The van der Waals surface area contributed by atoms with E-state index in [1.54, 1.807) is 4.90 Å². The number of morpholine rings is 1. The number of aliphatic hydroxyl groups excluding tert-OH is 1. The van der Waals surface area contributed by atoms with Gasteiger partial charge in [-0.3, -0.25) is 9.89 Å². The van der Waals surface area contributed by atoms with Crippen molar-refractivity contribution >= 4 is 11.6 Å². The molecule has 0 bridgehead atoms. The van der Waals surface area contributed by atoms with Crippen molar-refractivity contribution in [3.8, 4) is 0 Å². The number of hydrogen-bond acceptors (Lipinski definition) is 5. The Labute approximate surface area is 98.5 Å². The highest BCUT2D eigenvalue weighted by Gasteiger charge is 2.29. The topological polar surface area (TPSA) is 104 Å². The number of nitrogens with two attached hydrogens (primary N) is 1. The van der Waals surface area contributed by atoms with Gasteiger partial charge in [-0.15, -0.1) is 0 Å². The first-order chi connectivity index (χ1) is 8.11. The quantitative estimate of drug-likeness (QED) is 0.628. The van der Waals surface area contributed by atoms with Crippen molar-refractivity contribution < 1.29 is 14.6 Å². The number of nitrogens with one attached hydrogen (secondary N) is 1. The van der Waals surface area contributed by atoms with Crippen LogP contribution in [-0.4, -0.2) is 58.0 Å². The first-order valence-corrected chi connectivity index (χ1v) is 5.46. The van der Waals surface area contributed by atoms with E-state index in [2.05, 4.69) is 10.2 Å². The maximum absolute atomic E-state index is 12.1. The fourth-order valence-electron chi connectivity index (χ4n) is 1.94. The van der Waals surface area contributed by atoms with Crippen LogP contribution in [-0.2, 0) is 4.74 Å². The first kappa shape index (κ1) is 11.9. The van der Waals surface area contributed by atoms with E-state index >= 15 is 0 Å². The molecule has 7 nitrogen and oxygen atoms in total. The summed E-state index contributed by atoms with van der Waals surface area (Å²) in [5, 5.41) is 15.4. The summed E-state index contributed by atoms with van der Waals surface area (Å²) in [7, 11) is 0. The Balaban J connectivity index is 2.11. The minimum absolute atomic E-state index is 0.103. The third kappa shape index (κ3) is 2.40. The van der Waals surface area contributed by atoms with Crippen LogP contribution in [0.5, 0.6) is 0 Å². The van der Waals surface area contributed by atoms with Crippen LogP contribution in [0.1, 0.15) is 17.4 Å². The van der Waals surface area contributed by atoms with Crippen LogP contribution >= 0.6 is 0 Å². The number of H-pyrrole nitrogens is 1. The zero-order valence-electron chi connectivity index (χ0n) is 9.59. The van der Waals surface area contributed by atoms with Crippen molar-refractivity contribution in [2.24, 2.45) is 0 Å². The lowest BCUT2D eigenvalue weighted by Crippen LogP contribution is -2.50. The predicted octanol–water partition coefficient (Wildman–Crippen LogP) is -0.786. The first-order valence-electron chi connectivity index (χ1n) is 5.46. The molecule has 17 heavy (non-hydrogen) atoms. The summed E-state index contributed by atoms with van der Waals surface area (Å²) in [6.07, 6.45) is 0.960. The van der Waals surface area contributed by atoms with Gasteiger partial charge < -0.3 is 20.5 Å². The van der Waals surface area contributed by atoms with E-state index in [1.165, 1.54) is 6.20 Å². The van der Waals surface area contributed by atoms with Crippen molar-refractivity contribution in [1.82, 2.24) is 15.1 Å². The zero-order chi connectivity index (χ0) is 12.4. The molecule has 1 aromatic heterocycles. The fourth-order valence-corrected chi connectivity index (χ4v) is 1.94. The Hall–Kier alpha value is -1.60. The molecular weight excluding hydrogens is 224 g/mol. The number of ether oxygens (including phenoxy) is 1. The highest BCUT2D eigenvalue weighted by molar-refractivity contribution is 5.97. The number of anilines is 1. The number of aliphatic hydroxyl groups is 1. The van der Waals surface area contributed by atoms with Crippen LogP contribution in [0.25, 0.3) is 0 Å². The van der Waals surface area contributed by atoms with Gasteiger partial charge in [0.05, 0.1) is 30.7 Å². The molecule has 4 N–H and O–H groups in total. The Morgan fingerprint density at radius 3 is 3.12 bits per heavy atom. The summed E-state index contributed by atoms with van der Waals surface area (Å²) in [5.41, 5.74) is 6.24. The normalized spacial score (nSPS) is 24.9. The predicted molar refractivity (Wildman–Crippen MR) is 60.3 cm³/mol. The van der Waals surface area contributed by atoms with Gasteiger partial charge in [0, 0.05) is 13.1 Å². The monoisotopic (exact) mass is 240 g/mol. The minimum atomic E-state index is -0.341. The molecule has 2 rings (SSSR count). The molecule has 0 aliphatic carbocycles. The SMILES string of the molecule is CC1CN(C(=O)c2[nH]ncc2N)CC(CO)O1. The van der Waals surface area contributed by atoms with Crippen molar-refractivity contribution in [2.75, 3.05) is 25.4 Å². The number of carbonyl (C=O) groups excluding carboxylic acids is 1. The molecule has 94 valence electrons. The molecule has 2 unspecified atom stereocenters. The van der Waals surface area contributed by atoms with E-state index in [0.29, 0.717) is 18.8 Å².